The third kappa shape index (κ3) is 3.29. The minimum Gasteiger partial charge on any atom is -0.508 e. The van der Waals surface area contributed by atoms with Crippen molar-refractivity contribution >= 4 is 11.0 Å². The van der Waals surface area contributed by atoms with Gasteiger partial charge in [-0.15, -0.1) is 0 Å². The molecule has 0 fully saturated rings. The van der Waals surface area contributed by atoms with Gasteiger partial charge in [0.1, 0.15) is 28.2 Å². The zero-order chi connectivity index (χ0) is 18.1. The maximum Gasteiger partial charge on any atom is 0.197 e. The summed E-state index contributed by atoms with van der Waals surface area (Å²) in [5, 5.41) is 19.9. The fraction of sp³-hybridized carbons (Fsp3) is 0.190. The number of phenols is 2. The standard InChI is InChI=1S/C21H20O4/c1-12(2)4-9-16-13(3)10-17(23)20-18(24)11-19(25-21(16)20)14-5-7-15(22)8-6-14/h4-8,10-11,22-23H,9H2,1-3H3. The minimum atomic E-state index is -0.291. The largest absolute Gasteiger partial charge is 0.508 e. The van der Waals surface area contributed by atoms with E-state index in [1.54, 1.807) is 18.2 Å². The van der Waals surface area contributed by atoms with Crippen molar-refractivity contribution in [2.75, 3.05) is 0 Å². The Morgan fingerprint density at radius 3 is 2.44 bits per heavy atom. The predicted octanol–water partition coefficient (Wildman–Crippen LogP) is 4.69. The minimum absolute atomic E-state index is 0.0699. The van der Waals surface area contributed by atoms with Crippen molar-refractivity contribution in [2.24, 2.45) is 0 Å². The third-order valence-electron chi connectivity index (χ3n) is 4.17. The fourth-order valence-corrected chi connectivity index (χ4v) is 2.82. The molecule has 0 spiro atoms. The van der Waals surface area contributed by atoms with Crippen LogP contribution in [0.15, 0.2) is 57.3 Å². The number of aromatic hydroxyl groups is 2. The molecule has 3 rings (SSSR count). The van der Waals surface area contributed by atoms with Gasteiger partial charge in [0.15, 0.2) is 5.43 Å². The first-order valence-electron chi connectivity index (χ1n) is 8.09. The molecule has 3 aromatic rings. The van der Waals surface area contributed by atoms with Gasteiger partial charge in [0.25, 0.3) is 0 Å². The maximum atomic E-state index is 12.6. The summed E-state index contributed by atoms with van der Waals surface area (Å²) >= 11 is 0. The molecule has 25 heavy (non-hydrogen) atoms. The van der Waals surface area contributed by atoms with E-state index in [1.807, 2.05) is 20.8 Å². The molecule has 2 N–H and O–H groups in total. The van der Waals surface area contributed by atoms with Crippen molar-refractivity contribution in [3.05, 3.63) is 69.4 Å². The third-order valence-corrected chi connectivity index (χ3v) is 4.17. The molecule has 0 radical (unpaired) electrons. The molecule has 1 aromatic heterocycles. The van der Waals surface area contributed by atoms with Crippen molar-refractivity contribution in [2.45, 2.75) is 27.2 Å². The number of allylic oxidation sites excluding steroid dienone is 2. The molecule has 1 heterocycles. The van der Waals surface area contributed by atoms with Gasteiger partial charge in [-0.3, -0.25) is 4.79 Å². The number of aryl methyl sites for hydroxylation is 1. The molecule has 0 saturated heterocycles. The summed E-state index contributed by atoms with van der Waals surface area (Å²) in [7, 11) is 0. The fourth-order valence-electron chi connectivity index (χ4n) is 2.82. The van der Waals surface area contributed by atoms with Crippen LogP contribution in [0.4, 0.5) is 0 Å². The van der Waals surface area contributed by atoms with Crippen molar-refractivity contribution in [1.29, 1.82) is 0 Å². The van der Waals surface area contributed by atoms with Crippen molar-refractivity contribution in [1.82, 2.24) is 0 Å². The number of phenolic OH excluding ortho intramolecular Hbond substituents is 2. The first-order valence-corrected chi connectivity index (χ1v) is 8.09. The summed E-state index contributed by atoms with van der Waals surface area (Å²) < 4.78 is 6.02. The number of rotatable bonds is 3. The molecule has 128 valence electrons. The first-order chi connectivity index (χ1) is 11.9. The smallest absolute Gasteiger partial charge is 0.197 e. The van der Waals surface area contributed by atoms with E-state index >= 15 is 0 Å². The summed E-state index contributed by atoms with van der Waals surface area (Å²) in [5.74, 6) is 0.477. The molecule has 0 amide bonds. The highest BCUT2D eigenvalue weighted by Gasteiger charge is 2.16. The van der Waals surface area contributed by atoms with E-state index in [0.717, 1.165) is 16.7 Å². The van der Waals surface area contributed by atoms with Crippen LogP contribution < -0.4 is 5.43 Å². The average molecular weight is 336 g/mol. The lowest BCUT2D eigenvalue weighted by atomic mass is 9.99. The molecule has 0 aliphatic heterocycles. The lowest BCUT2D eigenvalue weighted by Gasteiger charge is -2.11. The van der Waals surface area contributed by atoms with Crippen LogP contribution in [0.5, 0.6) is 11.5 Å². The predicted molar refractivity (Wildman–Crippen MR) is 99.1 cm³/mol. The Kier molecular flexibility index (Phi) is 4.36. The molecular weight excluding hydrogens is 316 g/mol. The van der Waals surface area contributed by atoms with Crippen LogP contribution in [0.25, 0.3) is 22.3 Å². The highest BCUT2D eigenvalue weighted by molar-refractivity contribution is 5.88. The molecule has 0 unspecified atom stereocenters. The van der Waals surface area contributed by atoms with E-state index in [9.17, 15) is 15.0 Å². The van der Waals surface area contributed by atoms with Crippen LogP contribution in [0.3, 0.4) is 0 Å². The molecule has 0 aliphatic rings. The molecule has 0 saturated carbocycles. The van der Waals surface area contributed by atoms with Crippen molar-refractivity contribution < 1.29 is 14.6 Å². The SMILES string of the molecule is CC(C)=CCc1c(C)cc(O)c2c(=O)cc(-c3ccc(O)cc3)oc12. The normalized spacial score (nSPS) is 10.8. The Morgan fingerprint density at radius 2 is 1.80 bits per heavy atom. The molecule has 2 aromatic carbocycles. The van der Waals surface area contributed by atoms with Gasteiger partial charge in [0.2, 0.25) is 0 Å². The van der Waals surface area contributed by atoms with Crippen LogP contribution in [0.2, 0.25) is 0 Å². The van der Waals surface area contributed by atoms with Crippen LogP contribution in [0.1, 0.15) is 25.0 Å². The van der Waals surface area contributed by atoms with Gasteiger partial charge in [-0.2, -0.15) is 0 Å². The van der Waals surface area contributed by atoms with Crippen LogP contribution in [-0.2, 0) is 6.42 Å². The number of hydrogen-bond acceptors (Lipinski definition) is 4. The highest BCUT2D eigenvalue weighted by atomic mass is 16.3. The Hall–Kier alpha value is -3.01. The second kappa shape index (κ2) is 6.48. The molecule has 4 nitrogen and oxygen atoms in total. The van der Waals surface area contributed by atoms with E-state index in [2.05, 4.69) is 6.08 Å². The maximum absolute atomic E-state index is 12.6. The summed E-state index contributed by atoms with van der Waals surface area (Å²) in [6, 6.07) is 9.42. The quantitative estimate of drug-likeness (QED) is 0.681. The van der Waals surface area contributed by atoms with E-state index in [4.69, 9.17) is 4.42 Å². The number of hydrogen-bond donors (Lipinski definition) is 2. The Morgan fingerprint density at radius 1 is 1.12 bits per heavy atom. The Labute approximate surface area is 145 Å². The second-order valence-corrected chi connectivity index (χ2v) is 6.40. The lowest BCUT2D eigenvalue weighted by molar-refractivity contribution is 0.475. The molecule has 0 atom stereocenters. The number of benzene rings is 2. The van der Waals surface area contributed by atoms with Gasteiger partial charge in [-0.1, -0.05) is 11.6 Å². The van der Waals surface area contributed by atoms with Crippen LogP contribution >= 0.6 is 0 Å². The topological polar surface area (TPSA) is 70.7 Å². The highest BCUT2D eigenvalue weighted by Crippen LogP contribution is 2.32. The Balaban J connectivity index is 2.30. The summed E-state index contributed by atoms with van der Waals surface area (Å²) in [6.07, 6.45) is 2.68. The zero-order valence-electron chi connectivity index (χ0n) is 14.5. The van der Waals surface area contributed by atoms with Gasteiger partial charge < -0.3 is 14.6 Å². The Bertz CT molecular complexity index is 1020. The van der Waals surface area contributed by atoms with Crippen molar-refractivity contribution in [3.63, 3.8) is 0 Å². The molecule has 0 aliphatic carbocycles. The van der Waals surface area contributed by atoms with Gasteiger partial charge in [-0.25, -0.2) is 0 Å². The first kappa shape index (κ1) is 16.8. The van der Waals surface area contributed by atoms with E-state index in [0.29, 0.717) is 23.3 Å². The van der Waals surface area contributed by atoms with Gasteiger partial charge in [0.05, 0.1) is 0 Å². The van der Waals surface area contributed by atoms with E-state index in [1.165, 1.54) is 18.2 Å². The monoisotopic (exact) mass is 336 g/mol. The average Bonchev–Trinajstić information content (AvgIpc) is 2.54. The molecule has 4 heteroatoms. The second-order valence-electron chi connectivity index (χ2n) is 6.40. The van der Waals surface area contributed by atoms with Gasteiger partial charge >= 0.3 is 0 Å². The van der Waals surface area contributed by atoms with Crippen LogP contribution in [-0.4, -0.2) is 10.2 Å². The lowest BCUT2D eigenvalue weighted by Crippen LogP contribution is -2.04. The van der Waals surface area contributed by atoms with E-state index in [-0.39, 0.29) is 22.3 Å². The summed E-state index contributed by atoms with van der Waals surface area (Å²) in [4.78, 5) is 12.6. The van der Waals surface area contributed by atoms with Gasteiger partial charge in [0, 0.05) is 17.2 Å². The number of fused-ring (bicyclic) bond motifs is 1. The summed E-state index contributed by atoms with van der Waals surface area (Å²) in [5.41, 5.74) is 3.72. The van der Waals surface area contributed by atoms with E-state index < -0.39 is 0 Å². The zero-order valence-corrected chi connectivity index (χ0v) is 14.5. The molecular formula is C21H20O4. The van der Waals surface area contributed by atoms with Crippen molar-refractivity contribution in [3.8, 4) is 22.8 Å². The van der Waals surface area contributed by atoms with Gasteiger partial charge in [-0.05, 0) is 63.1 Å². The summed E-state index contributed by atoms with van der Waals surface area (Å²) in [6.45, 7) is 5.91. The van der Waals surface area contributed by atoms with Crippen LogP contribution in [0, 0.1) is 6.92 Å². The molecule has 0 bridgehead atoms.